The minimum Gasteiger partial charge on any atom is -0.508 e. The fourth-order valence-electron chi connectivity index (χ4n) is 2.18. The van der Waals surface area contributed by atoms with Crippen LogP contribution in [0.2, 0.25) is 0 Å². The number of benzene rings is 2. The molecule has 0 aromatic heterocycles. The molecule has 0 spiro atoms. The second kappa shape index (κ2) is 6.90. The Morgan fingerprint density at radius 3 is 2.71 bits per heavy atom. The molecule has 1 atom stereocenters. The van der Waals surface area contributed by atoms with E-state index in [9.17, 15) is 9.90 Å². The lowest BCUT2D eigenvalue weighted by atomic mass is 10.0. The van der Waals surface area contributed by atoms with E-state index < -0.39 is 0 Å². The number of methoxy groups -OCH3 is 1. The summed E-state index contributed by atoms with van der Waals surface area (Å²) in [5.41, 5.74) is 2.31. The minimum atomic E-state index is -0.194. The van der Waals surface area contributed by atoms with E-state index in [0.717, 1.165) is 11.1 Å². The third kappa shape index (κ3) is 3.83. The lowest BCUT2D eigenvalue weighted by molar-refractivity contribution is 0.0935. The van der Waals surface area contributed by atoms with Crippen molar-refractivity contribution in [2.45, 2.75) is 19.6 Å². The molecule has 2 aromatic rings. The first-order valence-electron chi connectivity index (χ1n) is 6.78. The van der Waals surface area contributed by atoms with E-state index in [1.165, 1.54) is 0 Å². The second-order valence-corrected chi connectivity index (χ2v) is 4.88. The molecular weight excluding hydrogens is 266 g/mol. The maximum Gasteiger partial charge on any atom is 0.252 e. The van der Waals surface area contributed by atoms with Gasteiger partial charge >= 0.3 is 0 Å². The summed E-state index contributed by atoms with van der Waals surface area (Å²) >= 11 is 0. The molecule has 2 aromatic carbocycles. The standard InChI is InChI=1S/C17H19NO3/c1-12(13-7-5-8-15(19)10-13)18-17(20)16-9-4-3-6-14(16)11-21-2/h3-10,12,19H,11H2,1-2H3,(H,18,20). The molecule has 0 saturated carbocycles. The van der Waals surface area contributed by atoms with Crippen molar-refractivity contribution < 1.29 is 14.6 Å². The predicted octanol–water partition coefficient (Wildman–Crippen LogP) is 3.03. The van der Waals surface area contributed by atoms with Gasteiger partial charge in [0, 0.05) is 12.7 Å². The second-order valence-electron chi connectivity index (χ2n) is 4.88. The van der Waals surface area contributed by atoms with E-state index >= 15 is 0 Å². The summed E-state index contributed by atoms with van der Waals surface area (Å²) in [6.07, 6.45) is 0. The summed E-state index contributed by atoms with van der Waals surface area (Å²) < 4.78 is 5.11. The lowest BCUT2D eigenvalue weighted by Crippen LogP contribution is -2.27. The van der Waals surface area contributed by atoms with Crippen LogP contribution in [0.15, 0.2) is 48.5 Å². The van der Waals surface area contributed by atoms with Crippen LogP contribution < -0.4 is 5.32 Å². The number of rotatable bonds is 5. The SMILES string of the molecule is COCc1ccccc1C(=O)NC(C)c1cccc(O)c1. The Bertz CT molecular complexity index is 625. The third-order valence-corrected chi connectivity index (χ3v) is 3.28. The molecular formula is C17H19NO3. The molecule has 2 N–H and O–H groups in total. The van der Waals surface area contributed by atoms with Crippen molar-refractivity contribution in [2.24, 2.45) is 0 Å². The highest BCUT2D eigenvalue weighted by Gasteiger charge is 2.14. The van der Waals surface area contributed by atoms with Crippen LogP contribution in [-0.4, -0.2) is 18.1 Å². The third-order valence-electron chi connectivity index (χ3n) is 3.28. The van der Waals surface area contributed by atoms with Gasteiger partial charge in [-0.3, -0.25) is 4.79 Å². The largest absolute Gasteiger partial charge is 0.508 e. The van der Waals surface area contributed by atoms with E-state index in [-0.39, 0.29) is 17.7 Å². The molecule has 4 heteroatoms. The zero-order valence-electron chi connectivity index (χ0n) is 12.2. The van der Waals surface area contributed by atoms with Gasteiger partial charge in [0.15, 0.2) is 0 Å². The molecule has 0 aliphatic heterocycles. The highest BCUT2D eigenvalue weighted by molar-refractivity contribution is 5.95. The summed E-state index contributed by atoms with van der Waals surface area (Å²) in [6, 6.07) is 14.0. The molecule has 0 bridgehead atoms. The Labute approximate surface area is 124 Å². The van der Waals surface area contributed by atoms with Crippen LogP contribution in [0.4, 0.5) is 0 Å². The smallest absolute Gasteiger partial charge is 0.252 e. The summed E-state index contributed by atoms with van der Waals surface area (Å²) in [4.78, 5) is 12.4. The monoisotopic (exact) mass is 285 g/mol. The van der Waals surface area contributed by atoms with E-state index in [0.29, 0.717) is 12.2 Å². The van der Waals surface area contributed by atoms with Gasteiger partial charge in [-0.05, 0) is 36.2 Å². The molecule has 0 saturated heterocycles. The lowest BCUT2D eigenvalue weighted by Gasteiger charge is -2.16. The molecule has 0 aliphatic rings. The Hall–Kier alpha value is -2.33. The molecule has 4 nitrogen and oxygen atoms in total. The number of phenols is 1. The number of amides is 1. The van der Waals surface area contributed by atoms with Crippen LogP contribution in [0, 0.1) is 0 Å². The number of phenolic OH excluding ortho intramolecular Hbond substituents is 1. The van der Waals surface area contributed by atoms with E-state index in [1.807, 2.05) is 31.2 Å². The van der Waals surface area contributed by atoms with Gasteiger partial charge in [-0.15, -0.1) is 0 Å². The quantitative estimate of drug-likeness (QED) is 0.887. The van der Waals surface area contributed by atoms with Gasteiger partial charge in [0.05, 0.1) is 12.6 Å². The zero-order valence-corrected chi connectivity index (χ0v) is 12.2. The van der Waals surface area contributed by atoms with Crippen molar-refractivity contribution >= 4 is 5.91 Å². The Morgan fingerprint density at radius 1 is 1.24 bits per heavy atom. The molecule has 2 rings (SSSR count). The zero-order chi connectivity index (χ0) is 15.2. The molecule has 0 radical (unpaired) electrons. The van der Waals surface area contributed by atoms with E-state index in [2.05, 4.69) is 5.32 Å². The van der Waals surface area contributed by atoms with Crippen LogP contribution >= 0.6 is 0 Å². The van der Waals surface area contributed by atoms with Gasteiger partial charge in [-0.2, -0.15) is 0 Å². The maximum absolute atomic E-state index is 12.4. The van der Waals surface area contributed by atoms with Crippen molar-refractivity contribution in [3.63, 3.8) is 0 Å². The summed E-state index contributed by atoms with van der Waals surface area (Å²) in [7, 11) is 1.60. The number of aromatic hydroxyl groups is 1. The van der Waals surface area contributed by atoms with Gasteiger partial charge in [0.1, 0.15) is 5.75 Å². The normalized spacial score (nSPS) is 11.9. The van der Waals surface area contributed by atoms with Gasteiger partial charge in [0.25, 0.3) is 5.91 Å². The van der Waals surface area contributed by atoms with Crippen molar-refractivity contribution in [3.05, 3.63) is 65.2 Å². The Kier molecular flexibility index (Phi) is 4.95. The first-order chi connectivity index (χ1) is 10.1. The molecule has 1 amide bonds. The van der Waals surface area contributed by atoms with Gasteiger partial charge in [-0.1, -0.05) is 30.3 Å². The fraction of sp³-hybridized carbons (Fsp3) is 0.235. The van der Waals surface area contributed by atoms with Crippen molar-refractivity contribution in [1.29, 1.82) is 0 Å². The Balaban J connectivity index is 2.14. The molecule has 0 fully saturated rings. The molecule has 1 unspecified atom stereocenters. The van der Waals surface area contributed by atoms with Crippen molar-refractivity contribution in [1.82, 2.24) is 5.32 Å². The van der Waals surface area contributed by atoms with Crippen molar-refractivity contribution in [3.8, 4) is 5.75 Å². The Morgan fingerprint density at radius 2 is 2.00 bits per heavy atom. The minimum absolute atomic E-state index is 0.154. The topological polar surface area (TPSA) is 58.6 Å². The van der Waals surface area contributed by atoms with Crippen LogP contribution in [0.5, 0.6) is 5.75 Å². The highest BCUT2D eigenvalue weighted by atomic mass is 16.5. The summed E-state index contributed by atoms with van der Waals surface area (Å²) in [6.45, 7) is 2.27. The van der Waals surface area contributed by atoms with Crippen LogP contribution in [0.3, 0.4) is 0 Å². The van der Waals surface area contributed by atoms with E-state index in [4.69, 9.17) is 4.74 Å². The first-order valence-corrected chi connectivity index (χ1v) is 6.78. The number of hydrogen-bond donors (Lipinski definition) is 2. The first kappa shape index (κ1) is 15.1. The van der Waals surface area contributed by atoms with Gasteiger partial charge < -0.3 is 15.2 Å². The fourth-order valence-corrected chi connectivity index (χ4v) is 2.18. The van der Waals surface area contributed by atoms with Crippen LogP contribution in [-0.2, 0) is 11.3 Å². The number of carbonyl (C=O) groups excluding carboxylic acids is 1. The molecule has 0 aliphatic carbocycles. The van der Waals surface area contributed by atoms with Gasteiger partial charge in [-0.25, -0.2) is 0 Å². The molecule has 21 heavy (non-hydrogen) atoms. The predicted molar refractivity (Wildman–Crippen MR) is 81.1 cm³/mol. The van der Waals surface area contributed by atoms with Crippen LogP contribution in [0.25, 0.3) is 0 Å². The maximum atomic E-state index is 12.4. The number of ether oxygens (including phenoxy) is 1. The average Bonchev–Trinajstić information content (AvgIpc) is 2.48. The average molecular weight is 285 g/mol. The van der Waals surface area contributed by atoms with Gasteiger partial charge in [0.2, 0.25) is 0 Å². The van der Waals surface area contributed by atoms with E-state index in [1.54, 1.807) is 31.4 Å². The van der Waals surface area contributed by atoms with Crippen LogP contribution in [0.1, 0.15) is 34.5 Å². The summed E-state index contributed by atoms with van der Waals surface area (Å²) in [5, 5.41) is 12.4. The summed E-state index contributed by atoms with van der Waals surface area (Å²) in [5.74, 6) is 0.0341. The van der Waals surface area contributed by atoms with Crippen molar-refractivity contribution in [2.75, 3.05) is 7.11 Å². The number of carbonyl (C=O) groups is 1. The highest BCUT2D eigenvalue weighted by Crippen LogP contribution is 2.19. The molecule has 110 valence electrons. The molecule has 0 heterocycles. The number of hydrogen-bond acceptors (Lipinski definition) is 3. The number of nitrogens with one attached hydrogen (secondary N) is 1.